The van der Waals surface area contributed by atoms with E-state index in [9.17, 15) is 4.79 Å². The Morgan fingerprint density at radius 3 is 2.86 bits per heavy atom. The van der Waals surface area contributed by atoms with Crippen LogP contribution in [0.15, 0.2) is 48.5 Å². The topological polar surface area (TPSA) is 41.6 Å². The Kier molecular flexibility index (Phi) is 4.28. The van der Waals surface area contributed by atoms with Gasteiger partial charge in [0.15, 0.2) is 0 Å². The van der Waals surface area contributed by atoms with Crippen LogP contribution in [0.5, 0.6) is 5.75 Å². The first-order valence-electron chi connectivity index (χ1n) is 7.54. The van der Waals surface area contributed by atoms with Crippen molar-refractivity contribution in [2.75, 3.05) is 30.4 Å². The van der Waals surface area contributed by atoms with E-state index in [0.717, 1.165) is 30.1 Å². The summed E-state index contributed by atoms with van der Waals surface area (Å²) in [5, 5.41) is 2.94. The summed E-state index contributed by atoms with van der Waals surface area (Å²) in [5.41, 5.74) is 3.02. The highest BCUT2D eigenvalue weighted by Crippen LogP contribution is 2.33. The number of fused-ring (bicyclic) bond motifs is 1. The number of aryl methyl sites for hydroxylation is 1. The van der Waals surface area contributed by atoms with E-state index in [1.165, 1.54) is 5.56 Å². The average molecular weight is 296 g/mol. The lowest BCUT2D eigenvalue weighted by Crippen LogP contribution is -2.28. The van der Waals surface area contributed by atoms with Crippen LogP contribution in [0.2, 0.25) is 0 Å². The van der Waals surface area contributed by atoms with Gasteiger partial charge in [0.1, 0.15) is 12.4 Å². The number of hydrogen-bond donors (Lipinski definition) is 1. The van der Waals surface area contributed by atoms with E-state index in [1.54, 1.807) is 0 Å². The number of anilines is 2. The lowest BCUT2D eigenvalue weighted by atomic mass is 10.1. The molecule has 0 unspecified atom stereocenters. The number of amides is 1. The number of nitrogens with one attached hydrogen (secondary N) is 1. The lowest BCUT2D eigenvalue weighted by molar-refractivity contribution is -0.116. The third kappa shape index (κ3) is 3.39. The van der Waals surface area contributed by atoms with E-state index in [4.69, 9.17) is 4.74 Å². The fourth-order valence-corrected chi connectivity index (χ4v) is 2.56. The van der Waals surface area contributed by atoms with Crippen LogP contribution in [0, 0.1) is 0 Å². The summed E-state index contributed by atoms with van der Waals surface area (Å²) in [7, 11) is 2.04. The Balaban J connectivity index is 1.60. The van der Waals surface area contributed by atoms with Gasteiger partial charge >= 0.3 is 0 Å². The third-order valence-corrected chi connectivity index (χ3v) is 3.82. The second-order valence-electron chi connectivity index (χ2n) is 5.49. The van der Waals surface area contributed by atoms with Crippen LogP contribution in [0.1, 0.15) is 12.0 Å². The molecule has 4 heteroatoms. The largest absolute Gasteiger partial charge is 0.489 e. The van der Waals surface area contributed by atoms with Gasteiger partial charge in [0, 0.05) is 25.2 Å². The standard InChI is InChI=1S/C18H20N2O2/c1-20-11-12-22-17-13-15(8-9-16(17)20)19-18(21)10-7-14-5-3-2-4-6-14/h2-6,8-9,13H,7,10-12H2,1H3,(H,19,21). The van der Waals surface area contributed by atoms with Crippen LogP contribution in [0.4, 0.5) is 11.4 Å². The molecule has 0 fully saturated rings. The minimum absolute atomic E-state index is 0.0213. The van der Waals surface area contributed by atoms with Crippen molar-refractivity contribution in [2.24, 2.45) is 0 Å². The van der Waals surface area contributed by atoms with Crippen molar-refractivity contribution in [1.82, 2.24) is 0 Å². The Bertz CT molecular complexity index is 655. The van der Waals surface area contributed by atoms with Crippen molar-refractivity contribution < 1.29 is 9.53 Å². The molecule has 0 aliphatic carbocycles. The van der Waals surface area contributed by atoms with Gasteiger partial charge in [-0.2, -0.15) is 0 Å². The maximum Gasteiger partial charge on any atom is 0.224 e. The fraction of sp³-hybridized carbons (Fsp3) is 0.278. The lowest BCUT2D eigenvalue weighted by Gasteiger charge is -2.27. The molecular formula is C18H20N2O2. The molecule has 1 aliphatic rings. The number of carbonyl (C=O) groups excluding carboxylic acids is 1. The first-order chi connectivity index (χ1) is 10.7. The predicted molar refractivity (Wildman–Crippen MR) is 88.6 cm³/mol. The van der Waals surface area contributed by atoms with Crippen molar-refractivity contribution >= 4 is 17.3 Å². The fourth-order valence-electron chi connectivity index (χ4n) is 2.56. The number of nitrogens with zero attached hydrogens (tertiary/aromatic N) is 1. The highest BCUT2D eigenvalue weighted by Gasteiger charge is 2.15. The molecule has 114 valence electrons. The Morgan fingerprint density at radius 2 is 2.05 bits per heavy atom. The van der Waals surface area contributed by atoms with E-state index in [-0.39, 0.29) is 5.91 Å². The van der Waals surface area contributed by atoms with Crippen molar-refractivity contribution in [1.29, 1.82) is 0 Å². The second-order valence-corrected chi connectivity index (χ2v) is 5.49. The van der Waals surface area contributed by atoms with E-state index < -0.39 is 0 Å². The summed E-state index contributed by atoms with van der Waals surface area (Å²) in [6.07, 6.45) is 1.22. The molecule has 0 aromatic heterocycles. The zero-order chi connectivity index (χ0) is 15.4. The van der Waals surface area contributed by atoms with Crippen LogP contribution in [-0.4, -0.2) is 26.1 Å². The molecule has 0 saturated carbocycles. The van der Waals surface area contributed by atoms with Crippen molar-refractivity contribution in [3.05, 3.63) is 54.1 Å². The van der Waals surface area contributed by atoms with Crippen LogP contribution < -0.4 is 15.0 Å². The van der Waals surface area contributed by atoms with E-state index in [0.29, 0.717) is 13.0 Å². The molecule has 0 bridgehead atoms. The van der Waals surface area contributed by atoms with Crippen molar-refractivity contribution in [3.63, 3.8) is 0 Å². The highest BCUT2D eigenvalue weighted by atomic mass is 16.5. The Hall–Kier alpha value is -2.49. The second kappa shape index (κ2) is 6.52. The molecule has 22 heavy (non-hydrogen) atoms. The normalized spacial score (nSPS) is 13.2. The van der Waals surface area contributed by atoms with E-state index >= 15 is 0 Å². The quantitative estimate of drug-likeness (QED) is 0.942. The Labute approximate surface area is 130 Å². The molecule has 4 nitrogen and oxygen atoms in total. The molecule has 3 rings (SSSR count). The van der Waals surface area contributed by atoms with Crippen LogP contribution in [0.3, 0.4) is 0 Å². The molecule has 2 aromatic rings. The average Bonchev–Trinajstić information content (AvgIpc) is 2.54. The van der Waals surface area contributed by atoms with Gasteiger partial charge in [-0.15, -0.1) is 0 Å². The van der Waals surface area contributed by atoms with Gasteiger partial charge in [0.2, 0.25) is 5.91 Å². The minimum atomic E-state index is 0.0213. The maximum atomic E-state index is 12.1. The molecule has 1 N–H and O–H groups in total. The van der Waals surface area contributed by atoms with Gasteiger partial charge in [-0.05, 0) is 24.1 Å². The number of likely N-dealkylation sites (N-methyl/N-ethyl adjacent to an activating group) is 1. The van der Waals surface area contributed by atoms with Gasteiger partial charge in [-0.1, -0.05) is 30.3 Å². The van der Waals surface area contributed by atoms with Crippen molar-refractivity contribution in [2.45, 2.75) is 12.8 Å². The minimum Gasteiger partial charge on any atom is -0.489 e. The van der Waals surface area contributed by atoms with Crippen LogP contribution >= 0.6 is 0 Å². The number of ether oxygens (including phenoxy) is 1. The summed E-state index contributed by atoms with van der Waals surface area (Å²) >= 11 is 0. The molecule has 0 radical (unpaired) electrons. The molecule has 1 heterocycles. The monoisotopic (exact) mass is 296 g/mol. The molecular weight excluding hydrogens is 276 g/mol. The maximum absolute atomic E-state index is 12.1. The molecule has 0 saturated heterocycles. The first-order valence-corrected chi connectivity index (χ1v) is 7.54. The third-order valence-electron chi connectivity index (χ3n) is 3.82. The molecule has 0 atom stereocenters. The van der Waals surface area contributed by atoms with Crippen LogP contribution in [0.25, 0.3) is 0 Å². The molecule has 1 amide bonds. The molecule has 0 spiro atoms. The summed E-state index contributed by atoms with van der Waals surface area (Å²) < 4.78 is 5.65. The Morgan fingerprint density at radius 1 is 1.23 bits per heavy atom. The van der Waals surface area contributed by atoms with E-state index in [1.807, 2.05) is 55.6 Å². The van der Waals surface area contributed by atoms with Gasteiger partial charge < -0.3 is 15.0 Å². The smallest absolute Gasteiger partial charge is 0.224 e. The zero-order valence-corrected chi connectivity index (χ0v) is 12.7. The summed E-state index contributed by atoms with van der Waals surface area (Å²) in [6, 6.07) is 15.8. The van der Waals surface area contributed by atoms with Gasteiger partial charge in [-0.25, -0.2) is 0 Å². The van der Waals surface area contributed by atoms with Gasteiger partial charge in [0.05, 0.1) is 12.2 Å². The number of hydrogen-bond acceptors (Lipinski definition) is 3. The first kappa shape index (κ1) is 14.4. The number of benzene rings is 2. The number of carbonyl (C=O) groups is 1. The zero-order valence-electron chi connectivity index (χ0n) is 12.7. The van der Waals surface area contributed by atoms with Crippen LogP contribution in [-0.2, 0) is 11.2 Å². The summed E-state index contributed by atoms with van der Waals surface area (Å²) in [5.74, 6) is 0.850. The molecule has 1 aliphatic heterocycles. The number of rotatable bonds is 4. The SMILES string of the molecule is CN1CCOc2cc(NC(=O)CCc3ccccc3)ccc21. The van der Waals surface area contributed by atoms with Gasteiger partial charge in [-0.3, -0.25) is 4.79 Å². The predicted octanol–water partition coefficient (Wildman–Crippen LogP) is 3.09. The summed E-state index contributed by atoms with van der Waals surface area (Å²) in [4.78, 5) is 14.2. The van der Waals surface area contributed by atoms with E-state index in [2.05, 4.69) is 10.2 Å². The van der Waals surface area contributed by atoms with Gasteiger partial charge in [0.25, 0.3) is 0 Å². The van der Waals surface area contributed by atoms with Crippen molar-refractivity contribution in [3.8, 4) is 5.75 Å². The summed E-state index contributed by atoms with van der Waals surface area (Å²) in [6.45, 7) is 1.56. The molecule has 2 aromatic carbocycles. The highest BCUT2D eigenvalue weighted by molar-refractivity contribution is 5.91.